The zero-order valence-electron chi connectivity index (χ0n) is 11.5. The molecule has 0 aromatic heterocycles. The van der Waals surface area contributed by atoms with Crippen molar-refractivity contribution in [3.63, 3.8) is 0 Å². The highest BCUT2D eigenvalue weighted by atomic mass is 32.2. The SMILES string of the molecule is CCOC(=O)CC(=O)C(C(=O)OCC)=C(SC)SC. The van der Waals surface area contributed by atoms with Crippen LogP contribution in [0, 0.1) is 0 Å². The molecule has 0 aliphatic carbocycles. The van der Waals surface area contributed by atoms with E-state index in [4.69, 9.17) is 9.47 Å². The van der Waals surface area contributed by atoms with Gasteiger partial charge in [0, 0.05) is 0 Å². The Labute approximate surface area is 121 Å². The van der Waals surface area contributed by atoms with Gasteiger partial charge in [0.25, 0.3) is 0 Å². The first-order valence-electron chi connectivity index (χ1n) is 5.69. The van der Waals surface area contributed by atoms with E-state index in [0.717, 1.165) is 0 Å². The molecule has 0 aromatic rings. The summed E-state index contributed by atoms with van der Waals surface area (Å²) in [7, 11) is 0. The van der Waals surface area contributed by atoms with Gasteiger partial charge in [0.05, 0.1) is 17.5 Å². The Bertz CT molecular complexity index is 370. The van der Waals surface area contributed by atoms with E-state index in [0.29, 0.717) is 4.24 Å². The van der Waals surface area contributed by atoms with Crippen molar-refractivity contribution in [1.29, 1.82) is 0 Å². The van der Waals surface area contributed by atoms with E-state index in [1.165, 1.54) is 23.5 Å². The fraction of sp³-hybridized carbons (Fsp3) is 0.583. The molecule has 0 aromatic carbocycles. The number of thioether (sulfide) groups is 2. The Morgan fingerprint density at radius 1 is 0.947 bits per heavy atom. The zero-order valence-corrected chi connectivity index (χ0v) is 13.1. The smallest absolute Gasteiger partial charge is 0.343 e. The second-order valence-corrected chi connectivity index (χ2v) is 5.09. The van der Waals surface area contributed by atoms with Crippen molar-refractivity contribution in [2.45, 2.75) is 20.3 Å². The van der Waals surface area contributed by atoms with E-state index in [-0.39, 0.29) is 18.8 Å². The summed E-state index contributed by atoms with van der Waals surface area (Å²) in [6, 6.07) is 0. The average molecular weight is 306 g/mol. The molecule has 0 amide bonds. The lowest BCUT2D eigenvalue weighted by molar-refractivity contribution is -0.145. The molecule has 0 aliphatic heterocycles. The summed E-state index contributed by atoms with van der Waals surface area (Å²) in [5.74, 6) is -1.91. The van der Waals surface area contributed by atoms with Gasteiger partial charge in [0.15, 0.2) is 5.78 Å². The van der Waals surface area contributed by atoms with Gasteiger partial charge in [-0.05, 0) is 26.4 Å². The molecule has 0 heterocycles. The van der Waals surface area contributed by atoms with Gasteiger partial charge in [-0.15, -0.1) is 23.5 Å². The van der Waals surface area contributed by atoms with Crippen LogP contribution in [0.4, 0.5) is 0 Å². The predicted octanol–water partition coefficient (Wildman–Crippen LogP) is 2.01. The maximum absolute atomic E-state index is 12.0. The van der Waals surface area contributed by atoms with Gasteiger partial charge >= 0.3 is 11.9 Å². The standard InChI is InChI=1S/C12H18O5S2/c1-5-16-9(14)7-8(13)10(11(15)17-6-2)12(18-3)19-4/h5-7H2,1-4H3. The first-order valence-corrected chi connectivity index (χ1v) is 8.14. The third-order valence-corrected chi connectivity index (χ3v) is 4.09. The number of esters is 2. The minimum atomic E-state index is -0.699. The van der Waals surface area contributed by atoms with Gasteiger partial charge in [-0.25, -0.2) is 4.79 Å². The second kappa shape index (κ2) is 9.91. The molecule has 0 spiro atoms. The normalized spacial score (nSPS) is 9.68. The Hall–Kier alpha value is -0.950. The van der Waals surface area contributed by atoms with Gasteiger partial charge in [-0.3, -0.25) is 9.59 Å². The molecule has 0 N–H and O–H groups in total. The summed E-state index contributed by atoms with van der Waals surface area (Å²) >= 11 is 2.54. The molecule has 0 rings (SSSR count). The number of carbonyl (C=O) groups excluding carboxylic acids is 3. The van der Waals surface area contributed by atoms with Crippen LogP contribution in [0.15, 0.2) is 9.81 Å². The summed E-state index contributed by atoms with van der Waals surface area (Å²) in [6.45, 7) is 3.68. The molecule has 0 bridgehead atoms. The quantitative estimate of drug-likeness (QED) is 0.294. The molecule has 0 atom stereocenters. The number of hydrogen-bond acceptors (Lipinski definition) is 7. The summed E-state index contributed by atoms with van der Waals surface area (Å²) in [4.78, 5) is 35.1. The van der Waals surface area contributed by atoms with Crippen molar-refractivity contribution in [3.8, 4) is 0 Å². The van der Waals surface area contributed by atoms with Gasteiger partial charge in [-0.1, -0.05) is 0 Å². The third kappa shape index (κ3) is 6.15. The monoisotopic (exact) mass is 306 g/mol. The van der Waals surface area contributed by atoms with Crippen molar-refractivity contribution in [1.82, 2.24) is 0 Å². The highest BCUT2D eigenvalue weighted by Gasteiger charge is 2.26. The van der Waals surface area contributed by atoms with E-state index < -0.39 is 24.1 Å². The molecular formula is C12H18O5S2. The van der Waals surface area contributed by atoms with Crippen LogP contribution >= 0.6 is 23.5 Å². The van der Waals surface area contributed by atoms with Crippen molar-refractivity contribution >= 4 is 41.2 Å². The Morgan fingerprint density at radius 2 is 1.47 bits per heavy atom. The van der Waals surface area contributed by atoms with Crippen LogP contribution in [0.25, 0.3) is 0 Å². The Balaban J connectivity index is 5.15. The molecule has 19 heavy (non-hydrogen) atoms. The van der Waals surface area contributed by atoms with E-state index in [1.54, 1.807) is 26.4 Å². The minimum absolute atomic E-state index is 0.0742. The van der Waals surface area contributed by atoms with Crippen LogP contribution in [0.2, 0.25) is 0 Å². The number of carbonyl (C=O) groups is 3. The van der Waals surface area contributed by atoms with Crippen molar-refractivity contribution in [2.24, 2.45) is 0 Å². The summed E-state index contributed by atoms with van der Waals surface area (Å²) in [5, 5.41) is 0. The van der Waals surface area contributed by atoms with Crippen LogP contribution in [0.5, 0.6) is 0 Å². The number of ketones is 1. The largest absolute Gasteiger partial charge is 0.466 e. The molecule has 0 saturated heterocycles. The lowest BCUT2D eigenvalue weighted by atomic mass is 10.1. The molecule has 0 unspecified atom stereocenters. The number of hydrogen-bond donors (Lipinski definition) is 0. The van der Waals surface area contributed by atoms with Gasteiger partial charge in [0.1, 0.15) is 12.0 Å². The minimum Gasteiger partial charge on any atom is -0.466 e. The van der Waals surface area contributed by atoms with E-state index in [2.05, 4.69) is 0 Å². The summed E-state index contributed by atoms with van der Waals surface area (Å²) < 4.78 is 10.1. The van der Waals surface area contributed by atoms with Gasteiger partial charge in [-0.2, -0.15) is 0 Å². The molecular weight excluding hydrogens is 288 g/mol. The first kappa shape index (κ1) is 18.0. The van der Waals surface area contributed by atoms with E-state index in [1.807, 2.05) is 0 Å². The molecule has 0 radical (unpaired) electrons. The maximum Gasteiger partial charge on any atom is 0.343 e. The second-order valence-electron chi connectivity index (χ2n) is 3.20. The van der Waals surface area contributed by atoms with E-state index in [9.17, 15) is 14.4 Å². The number of Topliss-reactive ketones (excluding diaryl/α,β-unsaturated/α-hetero) is 1. The molecule has 0 saturated carbocycles. The predicted molar refractivity (Wildman–Crippen MR) is 76.9 cm³/mol. The highest BCUT2D eigenvalue weighted by molar-refractivity contribution is 8.21. The van der Waals surface area contributed by atoms with Crippen molar-refractivity contribution in [3.05, 3.63) is 9.81 Å². The first-order chi connectivity index (χ1) is 9.01. The van der Waals surface area contributed by atoms with Gasteiger partial charge < -0.3 is 9.47 Å². The fourth-order valence-corrected chi connectivity index (χ4v) is 2.70. The lowest BCUT2D eigenvalue weighted by Crippen LogP contribution is -2.20. The molecule has 0 aliphatic rings. The van der Waals surface area contributed by atoms with Crippen LogP contribution in [-0.2, 0) is 23.9 Å². The fourth-order valence-electron chi connectivity index (χ4n) is 1.23. The Morgan fingerprint density at radius 3 is 1.89 bits per heavy atom. The third-order valence-electron chi connectivity index (χ3n) is 1.94. The maximum atomic E-state index is 12.0. The van der Waals surface area contributed by atoms with Crippen LogP contribution < -0.4 is 0 Å². The molecule has 0 fully saturated rings. The van der Waals surface area contributed by atoms with E-state index >= 15 is 0 Å². The molecule has 108 valence electrons. The highest BCUT2D eigenvalue weighted by Crippen LogP contribution is 2.29. The van der Waals surface area contributed by atoms with Crippen molar-refractivity contribution < 1.29 is 23.9 Å². The van der Waals surface area contributed by atoms with Crippen LogP contribution in [-0.4, -0.2) is 43.4 Å². The lowest BCUT2D eigenvalue weighted by Gasteiger charge is -2.10. The van der Waals surface area contributed by atoms with Crippen molar-refractivity contribution in [2.75, 3.05) is 25.7 Å². The topological polar surface area (TPSA) is 69.7 Å². The van der Waals surface area contributed by atoms with Crippen LogP contribution in [0.1, 0.15) is 20.3 Å². The average Bonchev–Trinajstić information content (AvgIpc) is 2.35. The van der Waals surface area contributed by atoms with Crippen LogP contribution in [0.3, 0.4) is 0 Å². The number of rotatable bonds is 8. The zero-order chi connectivity index (χ0) is 14.8. The molecule has 7 heteroatoms. The summed E-state index contributed by atoms with van der Waals surface area (Å²) in [6.07, 6.45) is 3.05. The van der Waals surface area contributed by atoms with Gasteiger partial charge in [0.2, 0.25) is 0 Å². The number of ether oxygens (including phenoxy) is 2. The Kier molecular flexibility index (Phi) is 9.42. The summed E-state index contributed by atoms with van der Waals surface area (Å²) in [5.41, 5.74) is -0.0742. The molecule has 5 nitrogen and oxygen atoms in total.